The first-order valence-corrected chi connectivity index (χ1v) is 7.32. The van der Waals surface area contributed by atoms with Crippen LogP contribution in [0.25, 0.3) is 0 Å². The van der Waals surface area contributed by atoms with Crippen molar-refractivity contribution in [3.8, 4) is 11.5 Å². The van der Waals surface area contributed by atoms with Gasteiger partial charge in [0.2, 0.25) is 0 Å². The maximum absolute atomic E-state index is 11.9. The van der Waals surface area contributed by atoms with E-state index in [1.165, 1.54) is 0 Å². The summed E-state index contributed by atoms with van der Waals surface area (Å²) in [6, 6.07) is 14.3. The molecule has 0 aliphatic heterocycles. The van der Waals surface area contributed by atoms with Crippen LogP contribution in [-0.4, -0.2) is 25.3 Å². The van der Waals surface area contributed by atoms with Gasteiger partial charge in [-0.1, -0.05) is 0 Å². The van der Waals surface area contributed by atoms with E-state index >= 15 is 0 Å². The molecule has 120 valence electrons. The van der Waals surface area contributed by atoms with Crippen LogP contribution >= 0.6 is 0 Å². The van der Waals surface area contributed by atoms with Crippen LogP contribution < -0.4 is 14.9 Å². The summed E-state index contributed by atoms with van der Waals surface area (Å²) in [5, 5.41) is 3.95. The molecule has 0 fully saturated rings. The lowest BCUT2D eigenvalue weighted by Crippen LogP contribution is -2.17. The van der Waals surface area contributed by atoms with E-state index in [1.54, 1.807) is 37.6 Å². The molecule has 5 heteroatoms. The van der Waals surface area contributed by atoms with Gasteiger partial charge in [-0.05, 0) is 67.9 Å². The summed E-state index contributed by atoms with van der Waals surface area (Å²) in [6.07, 6.45) is 1.72. The molecule has 23 heavy (non-hydrogen) atoms. The summed E-state index contributed by atoms with van der Waals surface area (Å²) in [5.74, 6) is 1.23. The minimum atomic E-state index is -0.274. The smallest absolute Gasteiger partial charge is 0.271 e. The molecule has 0 aromatic heterocycles. The summed E-state index contributed by atoms with van der Waals surface area (Å²) in [4.78, 5) is 11.9. The van der Waals surface area contributed by atoms with E-state index in [0.29, 0.717) is 11.3 Å². The fraction of sp³-hybridized carbons (Fsp3) is 0.222. The summed E-state index contributed by atoms with van der Waals surface area (Å²) in [6.45, 7) is 3.95. The van der Waals surface area contributed by atoms with Crippen LogP contribution in [0.4, 0.5) is 0 Å². The number of hydrogen-bond donors (Lipinski definition) is 1. The van der Waals surface area contributed by atoms with Crippen molar-refractivity contribution in [1.82, 2.24) is 5.43 Å². The molecule has 5 nitrogen and oxygen atoms in total. The first kappa shape index (κ1) is 16.5. The third kappa shape index (κ3) is 5.14. The van der Waals surface area contributed by atoms with Gasteiger partial charge >= 0.3 is 0 Å². The molecule has 0 aliphatic carbocycles. The monoisotopic (exact) mass is 312 g/mol. The molecule has 0 radical (unpaired) electrons. The number of nitrogens with zero attached hydrogens (tertiary/aromatic N) is 1. The fourth-order valence-corrected chi connectivity index (χ4v) is 1.88. The first-order chi connectivity index (χ1) is 11.1. The van der Waals surface area contributed by atoms with Crippen molar-refractivity contribution in [1.29, 1.82) is 0 Å². The minimum Gasteiger partial charge on any atom is -0.497 e. The molecule has 0 spiro atoms. The second-order valence-corrected chi connectivity index (χ2v) is 5.16. The van der Waals surface area contributed by atoms with E-state index in [0.717, 1.165) is 11.3 Å². The van der Waals surface area contributed by atoms with Gasteiger partial charge in [0.15, 0.2) is 0 Å². The predicted molar refractivity (Wildman–Crippen MR) is 90.3 cm³/mol. The molecule has 0 bridgehead atoms. The van der Waals surface area contributed by atoms with Crippen molar-refractivity contribution in [2.75, 3.05) is 7.11 Å². The highest BCUT2D eigenvalue weighted by Crippen LogP contribution is 2.13. The zero-order valence-corrected chi connectivity index (χ0v) is 13.4. The number of amides is 1. The Bertz CT molecular complexity index is 662. The molecule has 2 aromatic rings. The Morgan fingerprint density at radius 3 is 2.22 bits per heavy atom. The highest BCUT2D eigenvalue weighted by Gasteiger charge is 2.03. The number of carbonyl (C=O) groups excluding carboxylic acids is 1. The van der Waals surface area contributed by atoms with Gasteiger partial charge < -0.3 is 9.47 Å². The first-order valence-electron chi connectivity index (χ1n) is 7.32. The van der Waals surface area contributed by atoms with Crippen molar-refractivity contribution in [3.05, 3.63) is 59.7 Å². The molecule has 1 amide bonds. The van der Waals surface area contributed by atoms with Gasteiger partial charge in [-0.25, -0.2) is 5.43 Å². The standard InChI is InChI=1S/C18H20N2O3/c1-13(2)23-17-8-4-14(5-9-17)12-19-20-18(21)15-6-10-16(22-3)11-7-15/h4-13H,1-3H3,(H,20,21)/b19-12-. The zero-order chi connectivity index (χ0) is 16.7. The Balaban J connectivity index is 1.91. The topological polar surface area (TPSA) is 59.9 Å². The number of benzene rings is 2. The Morgan fingerprint density at radius 1 is 1.04 bits per heavy atom. The maximum atomic E-state index is 11.9. The largest absolute Gasteiger partial charge is 0.497 e. The molecule has 0 unspecified atom stereocenters. The normalized spacial score (nSPS) is 10.8. The highest BCUT2D eigenvalue weighted by atomic mass is 16.5. The lowest BCUT2D eigenvalue weighted by atomic mass is 10.2. The lowest BCUT2D eigenvalue weighted by molar-refractivity contribution is 0.0955. The van der Waals surface area contributed by atoms with E-state index in [2.05, 4.69) is 10.5 Å². The average Bonchev–Trinajstić information content (AvgIpc) is 2.56. The Hall–Kier alpha value is -2.82. The van der Waals surface area contributed by atoms with E-state index in [9.17, 15) is 4.79 Å². The van der Waals surface area contributed by atoms with E-state index in [-0.39, 0.29) is 12.0 Å². The Kier molecular flexibility index (Phi) is 5.74. The van der Waals surface area contributed by atoms with Crippen molar-refractivity contribution < 1.29 is 14.3 Å². The van der Waals surface area contributed by atoms with Crippen LogP contribution in [0.1, 0.15) is 29.8 Å². The van der Waals surface area contributed by atoms with Crippen molar-refractivity contribution >= 4 is 12.1 Å². The molecule has 0 atom stereocenters. The average molecular weight is 312 g/mol. The molecule has 2 aromatic carbocycles. The summed E-state index contributed by atoms with van der Waals surface area (Å²) in [5.41, 5.74) is 3.88. The second kappa shape index (κ2) is 7.98. The number of carbonyl (C=O) groups is 1. The van der Waals surface area contributed by atoms with Crippen molar-refractivity contribution in [2.45, 2.75) is 20.0 Å². The van der Waals surface area contributed by atoms with Gasteiger partial charge in [0.05, 0.1) is 19.4 Å². The minimum absolute atomic E-state index is 0.137. The van der Waals surface area contributed by atoms with Crippen LogP contribution in [0, 0.1) is 0 Å². The number of methoxy groups -OCH3 is 1. The molecule has 0 aliphatic rings. The molecular weight excluding hydrogens is 292 g/mol. The van der Waals surface area contributed by atoms with Gasteiger partial charge in [-0.2, -0.15) is 5.10 Å². The molecule has 2 rings (SSSR count). The van der Waals surface area contributed by atoms with Gasteiger partial charge in [-0.15, -0.1) is 0 Å². The number of hydrogen-bond acceptors (Lipinski definition) is 4. The number of hydrazone groups is 1. The van der Waals surface area contributed by atoms with Crippen LogP contribution in [0.3, 0.4) is 0 Å². The number of rotatable bonds is 6. The summed E-state index contributed by atoms with van der Waals surface area (Å²) >= 11 is 0. The molecule has 1 N–H and O–H groups in total. The predicted octanol–water partition coefficient (Wildman–Crippen LogP) is 3.25. The highest BCUT2D eigenvalue weighted by molar-refractivity contribution is 5.95. The summed E-state index contributed by atoms with van der Waals surface area (Å²) in [7, 11) is 1.58. The fourth-order valence-electron chi connectivity index (χ4n) is 1.88. The van der Waals surface area contributed by atoms with E-state index < -0.39 is 0 Å². The molecule has 0 saturated heterocycles. The van der Waals surface area contributed by atoms with Crippen LogP contribution in [0.15, 0.2) is 53.6 Å². The lowest BCUT2D eigenvalue weighted by Gasteiger charge is -2.09. The van der Waals surface area contributed by atoms with Gasteiger partial charge in [0, 0.05) is 5.56 Å². The van der Waals surface area contributed by atoms with Gasteiger partial charge in [0.1, 0.15) is 11.5 Å². The SMILES string of the molecule is COc1ccc(C(=O)N/N=C\c2ccc(OC(C)C)cc2)cc1. The molecule has 0 saturated carbocycles. The van der Waals surface area contributed by atoms with E-state index in [4.69, 9.17) is 9.47 Å². The van der Waals surface area contributed by atoms with Crippen LogP contribution in [0.5, 0.6) is 11.5 Å². The van der Waals surface area contributed by atoms with Gasteiger partial charge in [0.25, 0.3) is 5.91 Å². The second-order valence-electron chi connectivity index (χ2n) is 5.16. The third-order valence-electron chi connectivity index (χ3n) is 2.98. The number of ether oxygens (including phenoxy) is 2. The van der Waals surface area contributed by atoms with Crippen molar-refractivity contribution in [3.63, 3.8) is 0 Å². The molecule has 0 heterocycles. The van der Waals surface area contributed by atoms with Crippen LogP contribution in [0.2, 0.25) is 0 Å². The van der Waals surface area contributed by atoms with Crippen LogP contribution in [-0.2, 0) is 0 Å². The number of nitrogens with one attached hydrogen (secondary N) is 1. The Morgan fingerprint density at radius 2 is 1.65 bits per heavy atom. The zero-order valence-electron chi connectivity index (χ0n) is 13.4. The summed E-state index contributed by atoms with van der Waals surface area (Å²) < 4.78 is 10.6. The van der Waals surface area contributed by atoms with Crippen molar-refractivity contribution in [2.24, 2.45) is 5.10 Å². The Labute approximate surface area is 135 Å². The quantitative estimate of drug-likeness (QED) is 0.658. The van der Waals surface area contributed by atoms with Gasteiger partial charge in [-0.3, -0.25) is 4.79 Å². The van der Waals surface area contributed by atoms with E-state index in [1.807, 2.05) is 38.1 Å². The maximum Gasteiger partial charge on any atom is 0.271 e. The molecular formula is C18H20N2O3. The third-order valence-corrected chi connectivity index (χ3v) is 2.98.